The van der Waals surface area contributed by atoms with Crippen LogP contribution >= 0.6 is 11.3 Å². The molecule has 1 N–H and O–H groups in total. The number of hydrogen-bond acceptors (Lipinski definition) is 7. The number of thiazole rings is 1. The number of H-pyrrole nitrogens is 1. The summed E-state index contributed by atoms with van der Waals surface area (Å²) in [7, 11) is 3.31. The zero-order chi connectivity index (χ0) is 25.3. The number of methoxy groups -OCH3 is 2. The Morgan fingerprint density at radius 1 is 1.17 bits per heavy atom. The lowest BCUT2D eigenvalue weighted by Gasteiger charge is -2.45. The van der Waals surface area contributed by atoms with Crippen LogP contribution < -0.4 is 9.47 Å². The smallest absolute Gasteiger partial charge is 0.161 e. The molecular weight excluding hydrogens is 472 g/mol. The minimum Gasteiger partial charge on any atom is -0.493 e. The van der Waals surface area contributed by atoms with Gasteiger partial charge in [-0.15, -0.1) is 11.3 Å². The summed E-state index contributed by atoms with van der Waals surface area (Å²) in [6, 6.07) is 5.96. The Morgan fingerprint density at radius 2 is 1.92 bits per heavy atom. The first-order chi connectivity index (χ1) is 17.5. The van der Waals surface area contributed by atoms with E-state index in [1.54, 1.807) is 14.2 Å². The molecule has 0 bridgehead atoms. The van der Waals surface area contributed by atoms with Crippen LogP contribution in [0.4, 0.5) is 0 Å². The van der Waals surface area contributed by atoms with Crippen molar-refractivity contribution in [2.45, 2.75) is 51.9 Å². The van der Waals surface area contributed by atoms with Crippen LogP contribution in [0.2, 0.25) is 0 Å². The Hall–Kier alpha value is -2.42. The zero-order valence-electron chi connectivity index (χ0n) is 22.1. The molecule has 3 aromatic rings. The van der Waals surface area contributed by atoms with Crippen molar-refractivity contribution in [3.8, 4) is 33.5 Å². The first kappa shape index (κ1) is 25.2. The number of likely N-dealkylation sites (tertiary alicyclic amines) is 1. The monoisotopic (exact) mass is 510 g/mol. The molecule has 36 heavy (non-hydrogen) atoms. The van der Waals surface area contributed by atoms with E-state index in [0.717, 1.165) is 48.3 Å². The van der Waals surface area contributed by atoms with Crippen LogP contribution in [0.3, 0.4) is 0 Å². The number of aromatic amines is 1. The number of benzene rings is 1. The number of ether oxygens (including phenoxy) is 3. The quantitative estimate of drug-likeness (QED) is 0.384. The number of piperidine rings is 1. The van der Waals surface area contributed by atoms with Gasteiger partial charge >= 0.3 is 0 Å². The molecule has 8 heteroatoms. The molecule has 2 fully saturated rings. The van der Waals surface area contributed by atoms with Crippen LogP contribution in [-0.2, 0) is 4.74 Å². The molecule has 2 saturated heterocycles. The van der Waals surface area contributed by atoms with Gasteiger partial charge < -0.3 is 19.1 Å². The Kier molecular flexibility index (Phi) is 7.37. The summed E-state index contributed by atoms with van der Waals surface area (Å²) in [5.41, 5.74) is 4.55. The molecule has 1 aromatic carbocycles. The number of aromatic nitrogens is 3. The van der Waals surface area contributed by atoms with Crippen LogP contribution in [0.5, 0.6) is 11.5 Å². The van der Waals surface area contributed by atoms with Crippen molar-refractivity contribution in [3.05, 3.63) is 34.8 Å². The number of nitrogens with zero attached hydrogens (tertiary/aromatic N) is 3. The van der Waals surface area contributed by atoms with Crippen LogP contribution in [0.15, 0.2) is 24.4 Å². The molecule has 0 radical (unpaired) electrons. The minimum atomic E-state index is 0.291. The summed E-state index contributed by atoms with van der Waals surface area (Å²) in [6.07, 6.45) is 5.69. The molecule has 4 heterocycles. The molecule has 0 aliphatic carbocycles. The molecular formula is C28H38N4O3S. The van der Waals surface area contributed by atoms with E-state index in [2.05, 4.69) is 37.0 Å². The van der Waals surface area contributed by atoms with Crippen molar-refractivity contribution in [1.29, 1.82) is 0 Å². The molecule has 5 rings (SSSR count). The van der Waals surface area contributed by atoms with E-state index in [9.17, 15) is 0 Å². The van der Waals surface area contributed by atoms with Gasteiger partial charge in [0.25, 0.3) is 0 Å². The fraction of sp³-hybridized carbons (Fsp3) is 0.571. The van der Waals surface area contributed by atoms with Crippen molar-refractivity contribution in [2.75, 3.05) is 47.1 Å². The first-order valence-corrected chi connectivity index (χ1v) is 13.9. The highest BCUT2D eigenvalue weighted by atomic mass is 32.1. The molecule has 2 aliphatic heterocycles. The van der Waals surface area contributed by atoms with Crippen LogP contribution in [-0.4, -0.2) is 67.1 Å². The van der Waals surface area contributed by atoms with Gasteiger partial charge in [-0.3, -0.25) is 5.10 Å². The second-order valence-electron chi connectivity index (χ2n) is 10.5. The lowest BCUT2D eigenvalue weighted by Crippen LogP contribution is -2.51. The Labute approximate surface area is 218 Å². The SMILES string of the molecule is CCC1(CN2CCC(c3cnc(-c4[nH]nc(-c5ccc(OC)c(OC)c5)c4C(C)C)s3)CC2)COC1. The maximum atomic E-state index is 5.53. The van der Waals surface area contributed by atoms with E-state index in [1.807, 2.05) is 29.5 Å². The second-order valence-corrected chi connectivity index (χ2v) is 11.6. The largest absolute Gasteiger partial charge is 0.493 e. The summed E-state index contributed by atoms with van der Waals surface area (Å²) >= 11 is 1.82. The Balaban J connectivity index is 1.33. The van der Waals surface area contributed by atoms with E-state index in [4.69, 9.17) is 24.3 Å². The predicted molar refractivity (Wildman–Crippen MR) is 144 cm³/mol. The topological polar surface area (TPSA) is 72.5 Å². The van der Waals surface area contributed by atoms with Gasteiger partial charge in [0.05, 0.1) is 38.8 Å². The molecule has 194 valence electrons. The van der Waals surface area contributed by atoms with E-state index in [1.165, 1.54) is 36.2 Å². The van der Waals surface area contributed by atoms with Gasteiger partial charge in [0.1, 0.15) is 5.01 Å². The zero-order valence-corrected chi connectivity index (χ0v) is 22.9. The summed E-state index contributed by atoms with van der Waals surface area (Å²) in [5, 5.41) is 9.06. The average molecular weight is 511 g/mol. The molecule has 0 amide bonds. The molecule has 0 atom stereocenters. The third-order valence-corrected chi connectivity index (χ3v) is 9.07. The molecule has 0 unspecified atom stereocenters. The van der Waals surface area contributed by atoms with Crippen molar-refractivity contribution >= 4 is 11.3 Å². The van der Waals surface area contributed by atoms with Crippen LogP contribution in [0.25, 0.3) is 22.0 Å². The van der Waals surface area contributed by atoms with Crippen molar-refractivity contribution in [3.63, 3.8) is 0 Å². The normalized spacial score (nSPS) is 18.4. The highest BCUT2D eigenvalue weighted by molar-refractivity contribution is 7.15. The van der Waals surface area contributed by atoms with Gasteiger partial charge in [-0.25, -0.2) is 4.98 Å². The molecule has 7 nitrogen and oxygen atoms in total. The van der Waals surface area contributed by atoms with Gasteiger partial charge in [-0.2, -0.15) is 5.10 Å². The predicted octanol–water partition coefficient (Wildman–Crippen LogP) is 5.95. The van der Waals surface area contributed by atoms with E-state index < -0.39 is 0 Å². The van der Waals surface area contributed by atoms with Gasteiger partial charge in [0.2, 0.25) is 0 Å². The van der Waals surface area contributed by atoms with Gasteiger partial charge in [-0.1, -0.05) is 20.8 Å². The summed E-state index contributed by atoms with van der Waals surface area (Å²) in [4.78, 5) is 8.89. The highest BCUT2D eigenvalue weighted by Crippen LogP contribution is 2.42. The summed E-state index contributed by atoms with van der Waals surface area (Å²) in [5.74, 6) is 2.29. The fourth-order valence-corrected chi connectivity index (χ4v) is 6.61. The van der Waals surface area contributed by atoms with Crippen molar-refractivity contribution in [2.24, 2.45) is 5.41 Å². The highest BCUT2D eigenvalue weighted by Gasteiger charge is 2.39. The second kappa shape index (κ2) is 10.5. The summed E-state index contributed by atoms with van der Waals surface area (Å²) < 4.78 is 16.5. The maximum absolute atomic E-state index is 5.53. The van der Waals surface area contributed by atoms with Crippen molar-refractivity contribution < 1.29 is 14.2 Å². The maximum Gasteiger partial charge on any atom is 0.161 e. The van der Waals surface area contributed by atoms with E-state index in [-0.39, 0.29) is 0 Å². The van der Waals surface area contributed by atoms with Gasteiger partial charge in [-0.05, 0) is 62.4 Å². The Bertz CT molecular complexity index is 1170. The minimum absolute atomic E-state index is 0.291. The third kappa shape index (κ3) is 4.78. The molecule has 2 aliphatic rings. The van der Waals surface area contributed by atoms with Crippen molar-refractivity contribution in [1.82, 2.24) is 20.1 Å². The fourth-order valence-electron chi connectivity index (χ4n) is 5.52. The lowest BCUT2D eigenvalue weighted by atomic mass is 9.82. The van der Waals surface area contributed by atoms with E-state index in [0.29, 0.717) is 28.7 Å². The molecule has 0 spiro atoms. The number of rotatable bonds is 9. The average Bonchev–Trinajstić information content (AvgIpc) is 3.54. The first-order valence-electron chi connectivity index (χ1n) is 13.0. The third-order valence-electron chi connectivity index (χ3n) is 7.89. The summed E-state index contributed by atoms with van der Waals surface area (Å²) in [6.45, 7) is 12.1. The van der Waals surface area contributed by atoms with Crippen LogP contribution in [0, 0.1) is 5.41 Å². The number of nitrogens with one attached hydrogen (secondary N) is 1. The van der Waals surface area contributed by atoms with Gasteiger partial charge in [0.15, 0.2) is 11.5 Å². The number of hydrogen-bond donors (Lipinski definition) is 1. The van der Waals surface area contributed by atoms with E-state index >= 15 is 0 Å². The molecule has 0 saturated carbocycles. The molecule has 2 aromatic heterocycles. The van der Waals surface area contributed by atoms with Gasteiger partial charge in [0, 0.05) is 34.2 Å². The van der Waals surface area contributed by atoms with Crippen LogP contribution in [0.1, 0.15) is 62.3 Å². The Morgan fingerprint density at radius 3 is 2.53 bits per heavy atom. The lowest BCUT2D eigenvalue weighted by molar-refractivity contribution is -0.129. The standard InChI is InChI=1S/C28H38N4O3S/c1-6-28(16-35-17-28)15-32-11-9-19(10-12-32)23-14-29-27(36-23)26-24(18(2)3)25(30-31-26)20-7-8-21(33-4)22(13-20)34-5/h7-8,13-14,18-19H,6,9-12,15-17H2,1-5H3,(H,30,31).